The van der Waals surface area contributed by atoms with Crippen molar-refractivity contribution in [2.24, 2.45) is 5.92 Å². The van der Waals surface area contributed by atoms with E-state index < -0.39 is 0 Å². The van der Waals surface area contributed by atoms with E-state index in [4.69, 9.17) is 23.2 Å². The minimum Gasteiger partial charge on any atom is -0.315 e. The van der Waals surface area contributed by atoms with Crippen LogP contribution in [-0.2, 0) is 6.54 Å². The van der Waals surface area contributed by atoms with Crippen LogP contribution in [0.25, 0.3) is 11.2 Å². The minimum absolute atomic E-state index is 0.349. The first-order valence-corrected chi connectivity index (χ1v) is 5.66. The molecule has 1 aliphatic carbocycles. The van der Waals surface area contributed by atoms with Gasteiger partial charge in [-0.3, -0.25) is 0 Å². The van der Waals surface area contributed by atoms with Crippen LogP contribution in [0.2, 0.25) is 10.2 Å². The van der Waals surface area contributed by atoms with Crippen molar-refractivity contribution < 1.29 is 0 Å². The summed E-state index contributed by atoms with van der Waals surface area (Å²) in [5.41, 5.74) is 1.64. The Hall–Kier alpha value is -0.800. The molecule has 3 rings (SSSR count). The van der Waals surface area contributed by atoms with Gasteiger partial charge in [0.25, 0.3) is 0 Å². The molecule has 3 nitrogen and oxygen atoms in total. The summed E-state index contributed by atoms with van der Waals surface area (Å²) in [5, 5.41) is 0.808. The van der Waals surface area contributed by atoms with E-state index in [1.807, 2.05) is 6.33 Å². The molecule has 1 aliphatic rings. The van der Waals surface area contributed by atoms with Gasteiger partial charge in [0.05, 0.1) is 11.3 Å². The maximum atomic E-state index is 5.88. The highest BCUT2D eigenvalue weighted by atomic mass is 35.5. The average Bonchev–Trinajstić information content (AvgIpc) is 2.94. The van der Waals surface area contributed by atoms with Crippen molar-refractivity contribution in [2.75, 3.05) is 0 Å². The summed E-state index contributed by atoms with van der Waals surface area (Å²) in [6.45, 7) is 0.988. The second-order valence-corrected chi connectivity index (χ2v) is 4.71. The molecule has 0 saturated heterocycles. The highest BCUT2D eigenvalue weighted by Crippen LogP contribution is 2.32. The van der Waals surface area contributed by atoms with E-state index >= 15 is 0 Å². The molecule has 0 N–H and O–H groups in total. The van der Waals surface area contributed by atoms with Crippen molar-refractivity contribution in [1.29, 1.82) is 0 Å². The van der Waals surface area contributed by atoms with E-state index in [0.717, 1.165) is 23.6 Å². The first-order chi connectivity index (χ1) is 7.24. The largest absolute Gasteiger partial charge is 0.315 e. The van der Waals surface area contributed by atoms with Gasteiger partial charge in [-0.05, 0) is 24.8 Å². The Morgan fingerprint density at radius 1 is 1.40 bits per heavy atom. The van der Waals surface area contributed by atoms with Gasteiger partial charge in [-0.1, -0.05) is 23.2 Å². The van der Waals surface area contributed by atoms with Crippen LogP contribution in [-0.4, -0.2) is 14.5 Å². The van der Waals surface area contributed by atoms with E-state index in [9.17, 15) is 0 Å². The van der Waals surface area contributed by atoms with E-state index in [1.165, 1.54) is 12.8 Å². The molecule has 0 unspecified atom stereocenters. The van der Waals surface area contributed by atoms with E-state index in [2.05, 4.69) is 14.5 Å². The first-order valence-electron chi connectivity index (χ1n) is 4.91. The predicted molar refractivity (Wildman–Crippen MR) is 60.3 cm³/mol. The van der Waals surface area contributed by atoms with Crippen LogP contribution >= 0.6 is 23.2 Å². The van der Waals surface area contributed by atoms with Crippen molar-refractivity contribution in [1.82, 2.24) is 14.5 Å². The molecule has 1 fully saturated rings. The molecule has 0 radical (unpaired) electrons. The molecule has 78 valence electrons. The topological polar surface area (TPSA) is 30.7 Å². The van der Waals surface area contributed by atoms with Crippen LogP contribution in [0.1, 0.15) is 12.8 Å². The molecular formula is C10H9Cl2N3. The lowest BCUT2D eigenvalue weighted by Gasteiger charge is -2.01. The Morgan fingerprint density at radius 3 is 2.93 bits per heavy atom. The van der Waals surface area contributed by atoms with Crippen LogP contribution in [0.5, 0.6) is 0 Å². The number of rotatable bonds is 2. The third kappa shape index (κ3) is 1.70. The molecule has 0 bridgehead atoms. The standard InChI is InChI=1S/C10H9Cl2N3/c11-7-3-8-10(14-9(7)12)15(5-13-8)4-6-1-2-6/h3,5-6H,1-2,4H2. The molecule has 0 amide bonds. The highest BCUT2D eigenvalue weighted by molar-refractivity contribution is 6.41. The molecule has 0 aliphatic heterocycles. The molecule has 1 saturated carbocycles. The molecular weight excluding hydrogens is 233 g/mol. The van der Waals surface area contributed by atoms with Gasteiger partial charge < -0.3 is 4.57 Å². The van der Waals surface area contributed by atoms with Gasteiger partial charge >= 0.3 is 0 Å². The SMILES string of the molecule is Clc1cc2ncn(CC3CC3)c2nc1Cl. The van der Waals surface area contributed by atoms with Crippen molar-refractivity contribution >= 4 is 34.4 Å². The number of aromatic nitrogens is 3. The van der Waals surface area contributed by atoms with Crippen molar-refractivity contribution in [3.63, 3.8) is 0 Å². The van der Waals surface area contributed by atoms with Gasteiger partial charge in [-0.2, -0.15) is 0 Å². The Kier molecular flexibility index (Phi) is 2.11. The highest BCUT2D eigenvalue weighted by Gasteiger charge is 2.22. The van der Waals surface area contributed by atoms with Crippen LogP contribution in [0.3, 0.4) is 0 Å². The zero-order valence-corrected chi connectivity index (χ0v) is 9.46. The third-order valence-corrected chi connectivity index (χ3v) is 3.33. The monoisotopic (exact) mass is 241 g/mol. The smallest absolute Gasteiger partial charge is 0.161 e. The lowest BCUT2D eigenvalue weighted by Crippen LogP contribution is -1.99. The fourth-order valence-electron chi connectivity index (χ4n) is 1.65. The summed E-state index contributed by atoms with van der Waals surface area (Å²) in [6, 6.07) is 1.76. The Balaban J connectivity index is 2.10. The molecule has 2 aromatic heterocycles. The first kappa shape index (κ1) is 9.43. The summed E-state index contributed by atoms with van der Waals surface area (Å²) in [6.07, 6.45) is 4.42. The number of pyridine rings is 1. The fourth-order valence-corrected chi connectivity index (χ4v) is 1.93. The summed E-state index contributed by atoms with van der Waals surface area (Å²) >= 11 is 11.8. The summed E-state index contributed by atoms with van der Waals surface area (Å²) < 4.78 is 2.05. The Bertz CT molecular complexity index is 517. The molecule has 0 atom stereocenters. The van der Waals surface area contributed by atoms with Gasteiger partial charge in [0.15, 0.2) is 5.65 Å². The maximum absolute atomic E-state index is 5.88. The van der Waals surface area contributed by atoms with Crippen LogP contribution in [0, 0.1) is 5.92 Å². The molecule has 0 aromatic carbocycles. The van der Waals surface area contributed by atoms with Gasteiger partial charge in [0, 0.05) is 6.54 Å². The summed E-state index contributed by atoms with van der Waals surface area (Å²) in [7, 11) is 0. The quantitative estimate of drug-likeness (QED) is 0.757. The third-order valence-electron chi connectivity index (χ3n) is 2.65. The second kappa shape index (κ2) is 3.35. The molecule has 5 heteroatoms. The van der Waals surface area contributed by atoms with Gasteiger partial charge in [0.2, 0.25) is 0 Å². The van der Waals surface area contributed by atoms with Crippen molar-refractivity contribution in [3.8, 4) is 0 Å². The Morgan fingerprint density at radius 2 is 2.20 bits per heavy atom. The number of hydrogen-bond acceptors (Lipinski definition) is 2. The minimum atomic E-state index is 0.349. The number of hydrogen-bond donors (Lipinski definition) is 0. The van der Waals surface area contributed by atoms with Crippen molar-refractivity contribution in [2.45, 2.75) is 19.4 Å². The average molecular weight is 242 g/mol. The second-order valence-electron chi connectivity index (χ2n) is 3.94. The lowest BCUT2D eigenvalue weighted by atomic mass is 10.4. The molecule has 0 spiro atoms. The number of fused-ring (bicyclic) bond motifs is 1. The van der Waals surface area contributed by atoms with Crippen LogP contribution in [0.4, 0.5) is 0 Å². The summed E-state index contributed by atoms with van der Waals surface area (Å²) in [5.74, 6) is 0.790. The van der Waals surface area contributed by atoms with E-state index in [0.29, 0.717) is 10.2 Å². The van der Waals surface area contributed by atoms with Crippen LogP contribution < -0.4 is 0 Å². The van der Waals surface area contributed by atoms with E-state index in [-0.39, 0.29) is 0 Å². The van der Waals surface area contributed by atoms with Crippen molar-refractivity contribution in [3.05, 3.63) is 22.6 Å². The number of imidazole rings is 1. The molecule has 2 heterocycles. The fraction of sp³-hybridized carbons (Fsp3) is 0.400. The zero-order chi connectivity index (χ0) is 10.4. The van der Waals surface area contributed by atoms with Crippen LogP contribution in [0.15, 0.2) is 12.4 Å². The lowest BCUT2D eigenvalue weighted by molar-refractivity contribution is 0.638. The predicted octanol–water partition coefficient (Wildman–Crippen LogP) is 3.15. The zero-order valence-electron chi connectivity index (χ0n) is 7.95. The maximum Gasteiger partial charge on any atom is 0.161 e. The summed E-state index contributed by atoms with van der Waals surface area (Å²) in [4.78, 5) is 8.51. The number of nitrogens with zero attached hydrogens (tertiary/aromatic N) is 3. The van der Waals surface area contributed by atoms with Gasteiger partial charge in [-0.25, -0.2) is 9.97 Å². The van der Waals surface area contributed by atoms with Gasteiger partial charge in [-0.15, -0.1) is 0 Å². The molecule has 2 aromatic rings. The van der Waals surface area contributed by atoms with Gasteiger partial charge in [0.1, 0.15) is 10.7 Å². The molecule has 15 heavy (non-hydrogen) atoms. The normalized spacial score (nSPS) is 16.1. The number of halogens is 2. The van der Waals surface area contributed by atoms with E-state index in [1.54, 1.807) is 6.07 Å². The Labute approximate surface area is 97.0 Å².